The first-order chi connectivity index (χ1) is 12.6. The standard InChI is InChI=1S/C22H26FNS2/c1-4-8-17(2)18(3)26-22(24-20-9-6-5-7-10-20)15-16-25-21-13-11-19(23)12-14-21/h5-7,9-18H,4,8H2,1-3H3. The summed E-state index contributed by atoms with van der Waals surface area (Å²) in [6.45, 7) is 6.80. The van der Waals surface area contributed by atoms with Crippen molar-refractivity contribution in [3.8, 4) is 0 Å². The Morgan fingerprint density at radius 3 is 2.42 bits per heavy atom. The molecular weight excluding hydrogens is 361 g/mol. The SMILES string of the molecule is CCCC(C)C(C)SC(C=CSc1ccc(F)cc1)=Nc1ccccc1. The summed E-state index contributed by atoms with van der Waals surface area (Å²) in [6.07, 6.45) is 4.48. The summed E-state index contributed by atoms with van der Waals surface area (Å²) in [4.78, 5) is 5.82. The van der Waals surface area contributed by atoms with Crippen molar-refractivity contribution in [2.45, 2.75) is 43.8 Å². The molecule has 0 aliphatic heterocycles. The van der Waals surface area contributed by atoms with Crippen LogP contribution >= 0.6 is 23.5 Å². The van der Waals surface area contributed by atoms with Gasteiger partial charge in [0.05, 0.1) is 10.7 Å². The molecule has 0 amide bonds. The average Bonchev–Trinajstić information content (AvgIpc) is 2.64. The predicted octanol–water partition coefficient (Wildman–Crippen LogP) is 7.72. The van der Waals surface area contributed by atoms with Gasteiger partial charge >= 0.3 is 0 Å². The van der Waals surface area contributed by atoms with Gasteiger partial charge in [-0.1, -0.05) is 57.2 Å². The average molecular weight is 388 g/mol. The number of benzene rings is 2. The lowest BCUT2D eigenvalue weighted by Gasteiger charge is -2.18. The fraction of sp³-hybridized carbons (Fsp3) is 0.318. The molecule has 4 heteroatoms. The normalized spacial score (nSPS) is 14.5. The number of para-hydroxylation sites is 1. The highest BCUT2D eigenvalue weighted by Gasteiger charge is 2.14. The quantitative estimate of drug-likeness (QED) is 0.261. The summed E-state index contributed by atoms with van der Waals surface area (Å²) < 4.78 is 13.0. The second-order valence-corrected chi connectivity index (χ2v) is 8.63. The second-order valence-electron chi connectivity index (χ2n) is 6.25. The molecule has 2 aromatic carbocycles. The van der Waals surface area contributed by atoms with Crippen molar-refractivity contribution in [2.24, 2.45) is 10.9 Å². The maximum Gasteiger partial charge on any atom is 0.123 e. The van der Waals surface area contributed by atoms with Gasteiger partial charge in [0.15, 0.2) is 0 Å². The van der Waals surface area contributed by atoms with Gasteiger partial charge in [0.25, 0.3) is 0 Å². The summed E-state index contributed by atoms with van der Waals surface area (Å²) in [6, 6.07) is 16.6. The third kappa shape index (κ3) is 7.38. The van der Waals surface area contributed by atoms with Crippen molar-refractivity contribution in [3.63, 3.8) is 0 Å². The Hall–Kier alpha value is -1.52. The molecule has 1 nitrogen and oxygen atoms in total. The van der Waals surface area contributed by atoms with Gasteiger partial charge in [-0.2, -0.15) is 0 Å². The van der Waals surface area contributed by atoms with Crippen molar-refractivity contribution >= 4 is 34.3 Å². The number of hydrogen-bond acceptors (Lipinski definition) is 3. The van der Waals surface area contributed by atoms with Crippen molar-refractivity contribution in [1.82, 2.24) is 0 Å². The molecule has 2 atom stereocenters. The fourth-order valence-corrected chi connectivity index (χ4v) is 4.20. The largest absolute Gasteiger partial charge is 0.242 e. The molecule has 2 rings (SSSR count). The number of rotatable bonds is 8. The first kappa shape index (κ1) is 20.8. The van der Waals surface area contributed by atoms with Crippen LogP contribution in [-0.2, 0) is 0 Å². The van der Waals surface area contributed by atoms with E-state index >= 15 is 0 Å². The number of thioether (sulfide) groups is 2. The van der Waals surface area contributed by atoms with Crippen LogP contribution in [-0.4, -0.2) is 10.3 Å². The summed E-state index contributed by atoms with van der Waals surface area (Å²) in [5.41, 5.74) is 0.960. The molecule has 0 radical (unpaired) electrons. The zero-order valence-corrected chi connectivity index (χ0v) is 17.2. The zero-order valence-electron chi connectivity index (χ0n) is 15.6. The van der Waals surface area contributed by atoms with Crippen LogP contribution in [0, 0.1) is 11.7 Å². The minimum Gasteiger partial charge on any atom is -0.242 e. The van der Waals surface area contributed by atoms with Crippen LogP contribution < -0.4 is 0 Å². The van der Waals surface area contributed by atoms with Crippen LogP contribution in [0.1, 0.15) is 33.6 Å². The third-order valence-electron chi connectivity index (χ3n) is 4.08. The number of nitrogens with zero attached hydrogens (tertiary/aromatic N) is 1. The van der Waals surface area contributed by atoms with Crippen LogP contribution in [0.3, 0.4) is 0 Å². The Morgan fingerprint density at radius 1 is 1.08 bits per heavy atom. The van der Waals surface area contributed by atoms with Crippen LogP contribution in [0.15, 0.2) is 76.0 Å². The molecule has 2 unspecified atom stereocenters. The van der Waals surface area contributed by atoms with E-state index in [0.717, 1.165) is 15.6 Å². The highest BCUT2D eigenvalue weighted by atomic mass is 32.2. The molecule has 0 aliphatic carbocycles. The van der Waals surface area contributed by atoms with E-state index in [2.05, 4.69) is 26.8 Å². The smallest absolute Gasteiger partial charge is 0.123 e. The molecule has 0 spiro atoms. The highest BCUT2D eigenvalue weighted by molar-refractivity contribution is 8.15. The minimum absolute atomic E-state index is 0.209. The van der Waals surface area contributed by atoms with Gasteiger partial charge in [0.1, 0.15) is 5.82 Å². The molecule has 0 fully saturated rings. The zero-order chi connectivity index (χ0) is 18.8. The van der Waals surface area contributed by atoms with Crippen LogP contribution in [0.2, 0.25) is 0 Å². The van der Waals surface area contributed by atoms with Crippen LogP contribution in [0.25, 0.3) is 0 Å². The highest BCUT2D eigenvalue weighted by Crippen LogP contribution is 2.28. The summed E-state index contributed by atoms with van der Waals surface area (Å²) in [5, 5.41) is 3.53. The molecule has 0 saturated heterocycles. The Morgan fingerprint density at radius 2 is 1.77 bits per heavy atom. The predicted molar refractivity (Wildman–Crippen MR) is 116 cm³/mol. The van der Waals surface area contributed by atoms with Crippen molar-refractivity contribution in [3.05, 3.63) is 71.9 Å². The summed E-state index contributed by atoms with van der Waals surface area (Å²) in [5.74, 6) is 0.433. The molecule has 0 heterocycles. The fourth-order valence-electron chi connectivity index (χ4n) is 2.41. The van der Waals surface area contributed by atoms with Gasteiger partial charge in [-0.15, -0.1) is 11.8 Å². The molecule has 26 heavy (non-hydrogen) atoms. The number of hydrogen-bond donors (Lipinski definition) is 0. The Balaban J connectivity index is 2.10. The van der Waals surface area contributed by atoms with Crippen LogP contribution in [0.4, 0.5) is 10.1 Å². The minimum atomic E-state index is -0.209. The van der Waals surface area contributed by atoms with E-state index in [1.54, 1.807) is 23.9 Å². The Bertz CT molecular complexity index is 711. The molecule has 2 aromatic rings. The topological polar surface area (TPSA) is 12.4 Å². The van der Waals surface area contributed by atoms with Crippen molar-refractivity contribution in [2.75, 3.05) is 0 Å². The molecule has 0 bridgehead atoms. The van der Waals surface area contributed by atoms with E-state index < -0.39 is 0 Å². The number of aliphatic imine (C=N–C) groups is 1. The molecular formula is C22H26FNS2. The molecule has 0 aliphatic rings. The number of halogens is 1. The monoisotopic (exact) mass is 387 g/mol. The summed E-state index contributed by atoms with van der Waals surface area (Å²) >= 11 is 3.39. The lowest BCUT2D eigenvalue weighted by Crippen LogP contribution is -2.12. The molecule has 0 N–H and O–H groups in total. The van der Waals surface area contributed by atoms with Crippen LogP contribution in [0.5, 0.6) is 0 Å². The van der Waals surface area contributed by atoms with E-state index in [-0.39, 0.29) is 5.82 Å². The van der Waals surface area contributed by atoms with Gasteiger partial charge in [-0.25, -0.2) is 9.38 Å². The first-order valence-corrected chi connectivity index (χ1v) is 10.7. The van der Waals surface area contributed by atoms with E-state index in [1.165, 1.54) is 25.0 Å². The maximum atomic E-state index is 13.0. The van der Waals surface area contributed by atoms with E-state index in [0.29, 0.717) is 11.2 Å². The van der Waals surface area contributed by atoms with E-state index in [4.69, 9.17) is 4.99 Å². The maximum absolute atomic E-state index is 13.0. The lowest BCUT2D eigenvalue weighted by atomic mass is 10.0. The molecule has 0 aromatic heterocycles. The Labute approximate surface area is 165 Å². The third-order valence-corrected chi connectivity index (χ3v) is 6.20. The van der Waals surface area contributed by atoms with Gasteiger partial charge in [0.2, 0.25) is 0 Å². The van der Waals surface area contributed by atoms with Gasteiger partial charge in [0, 0.05) is 10.1 Å². The summed E-state index contributed by atoms with van der Waals surface area (Å²) in [7, 11) is 0. The lowest BCUT2D eigenvalue weighted by molar-refractivity contribution is 0.522. The molecule has 138 valence electrons. The van der Waals surface area contributed by atoms with E-state index in [1.807, 2.05) is 47.5 Å². The second kappa shape index (κ2) is 11.2. The first-order valence-electron chi connectivity index (χ1n) is 8.97. The van der Waals surface area contributed by atoms with Gasteiger partial charge < -0.3 is 0 Å². The van der Waals surface area contributed by atoms with Crippen molar-refractivity contribution < 1.29 is 4.39 Å². The Kier molecular flexibility index (Phi) is 8.99. The molecule has 0 saturated carbocycles. The van der Waals surface area contributed by atoms with Gasteiger partial charge in [-0.3, -0.25) is 0 Å². The van der Waals surface area contributed by atoms with Crippen molar-refractivity contribution in [1.29, 1.82) is 0 Å². The van der Waals surface area contributed by atoms with Gasteiger partial charge in [-0.05, 0) is 60.2 Å². The van der Waals surface area contributed by atoms with E-state index in [9.17, 15) is 4.39 Å².